The number of ether oxygens (including phenoxy) is 1. The third-order valence-electron chi connectivity index (χ3n) is 3.73. The molecule has 2 aliphatic heterocycles. The Morgan fingerprint density at radius 2 is 2.00 bits per heavy atom. The fourth-order valence-corrected chi connectivity index (χ4v) is 4.62. The van der Waals surface area contributed by atoms with Crippen LogP contribution in [0.5, 0.6) is 0 Å². The third-order valence-corrected chi connectivity index (χ3v) is 5.46. The molecule has 0 aromatic rings. The van der Waals surface area contributed by atoms with Crippen LogP contribution in [0.15, 0.2) is 0 Å². The minimum Gasteiger partial charge on any atom is -0.370 e. The van der Waals surface area contributed by atoms with Crippen molar-refractivity contribution in [2.45, 2.75) is 25.7 Å². The number of carbonyl (C=O) groups is 1. The quantitative estimate of drug-likeness (QED) is 0.684. The SMILES string of the molecule is O=C1CCCCCN1CP(=O)(O)C[NH+]1CCOCC1. The Morgan fingerprint density at radius 3 is 2.74 bits per heavy atom. The van der Waals surface area contributed by atoms with Gasteiger partial charge in [0.1, 0.15) is 19.4 Å². The molecule has 0 spiro atoms. The lowest BCUT2D eigenvalue weighted by molar-refractivity contribution is -0.897. The zero-order valence-electron chi connectivity index (χ0n) is 11.3. The minimum atomic E-state index is -3.27. The number of carbonyl (C=O) groups excluding carboxylic acids is 1. The van der Waals surface area contributed by atoms with E-state index in [2.05, 4.69) is 0 Å². The number of nitrogens with one attached hydrogen (secondary N) is 1. The highest BCUT2D eigenvalue weighted by atomic mass is 31.2. The van der Waals surface area contributed by atoms with Gasteiger partial charge in [-0.25, -0.2) is 0 Å². The number of quaternary nitrogens is 1. The first-order valence-electron chi connectivity index (χ1n) is 7.07. The highest BCUT2D eigenvalue weighted by molar-refractivity contribution is 7.57. The van der Waals surface area contributed by atoms with Gasteiger partial charge in [0.15, 0.2) is 6.29 Å². The molecule has 2 aliphatic rings. The molecule has 0 aliphatic carbocycles. The largest absolute Gasteiger partial charge is 0.370 e. The summed E-state index contributed by atoms with van der Waals surface area (Å²) < 4.78 is 17.5. The van der Waals surface area contributed by atoms with Gasteiger partial charge >= 0.3 is 0 Å². The second kappa shape index (κ2) is 6.84. The summed E-state index contributed by atoms with van der Waals surface area (Å²) in [4.78, 5) is 24.7. The van der Waals surface area contributed by atoms with Crippen molar-refractivity contribution in [3.63, 3.8) is 0 Å². The third kappa shape index (κ3) is 4.88. The molecular formula is C12H24N2O4P+. The highest BCUT2D eigenvalue weighted by Crippen LogP contribution is 2.39. The Kier molecular flexibility index (Phi) is 5.39. The van der Waals surface area contributed by atoms with Crippen molar-refractivity contribution in [1.29, 1.82) is 0 Å². The zero-order valence-corrected chi connectivity index (χ0v) is 12.2. The summed E-state index contributed by atoms with van der Waals surface area (Å²) >= 11 is 0. The Hall–Kier alpha value is -0.420. The van der Waals surface area contributed by atoms with Gasteiger partial charge in [0.25, 0.3) is 7.37 Å². The van der Waals surface area contributed by atoms with Gasteiger partial charge in [-0.2, -0.15) is 0 Å². The molecule has 2 N–H and O–H groups in total. The molecule has 110 valence electrons. The van der Waals surface area contributed by atoms with Gasteiger partial charge in [-0.05, 0) is 12.8 Å². The van der Waals surface area contributed by atoms with Gasteiger partial charge in [0.05, 0.1) is 13.2 Å². The van der Waals surface area contributed by atoms with Crippen LogP contribution < -0.4 is 4.90 Å². The van der Waals surface area contributed by atoms with E-state index in [0.717, 1.165) is 37.3 Å². The van der Waals surface area contributed by atoms with Crippen LogP contribution in [0.1, 0.15) is 25.7 Å². The standard InChI is InChI=1S/C12H23N2O4P/c15-12-4-2-1-3-5-14(12)11-19(16,17)10-13-6-8-18-9-7-13/h1-11H2,(H,16,17)/p+1. The van der Waals surface area contributed by atoms with Crippen LogP contribution in [-0.4, -0.2) is 61.1 Å². The van der Waals surface area contributed by atoms with Crippen LogP contribution in [0.3, 0.4) is 0 Å². The smallest absolute Gasteiger partial charge is 0.271 e. The van der Waals surface area contributed by atoms with Crippen molar-refractivity contribution in [2.75, 3.05) is 45.4 Å². The summed E-state index contributed by atoms with van der Waals surface area (Å²) in [6.45, 7) is 3.48. The Labute approximate surface area is 114 Å². The molecule has 19 heavy (non-hydrogen) atoms. The number of hydrogen-bond donors (Lipinski definition) is 2. The van der Waals surface area contributed by atoms with E-state index in [9.17, 15) is 14.3 Å². The summed E-state index contributed by atoms with van der Waals surface area (Å²) in [7, 11) is -3.27. The number of hydrogen-bond acceptors (Lipinski definition) is 3. The molecule has 1 atom stereocenters. The number of morpholine rings is 1. The van der Waals surface area contributed by atoms with Gasteiger partial charge in [-0.3, -0.25) is 9.36 Å². The Balaban J connectivity index is 1.87. The molecule has 6 nitrogen and oxygen atoms in total. The van der Waals surface area contributed by atoms with E-state index < -0.39 is 7.37 Å². The maximum absolute atomic E-state index is 12.3. The first kappa shape index (κ1) is 15.0. The fourth-order valence-electron chi connectivity index (χ4n) is 2.67. The van der Waals surface area contributed by atoms with Crippen molar-refractivity contribution >= 4 is 13.3 Å². The topological polar surface area (TPSA) is 71.3 Å². The molecule has 2 saturated heterocycles. The normalized spacial score (nSPS) is 25.9. The van der Waals surface area contributed by atoms with Crippen molar-refractivity contribution in [3.8, 4) is 0 Å². The molecule has 2 rings (SSSR count). The second-order valence-electron chi connectivity index (χ2n) is 5.48. The van der Waals surface area contributed by atoms with E-state index in [-0.39, 0.29) is 18.5 Å². The Morgan fingerprint density at radius 1 is 1.26 bits per heavy atom. The van der Waals surface area contributed by atoms with Crippen LogP contribution in [0, 0.1) is 0 Å². The van der Waals surface area contributed by atoms with Gasteiger partial charge in [-0.15, -0.1) is 0 Å². The Bertz CT molecular complexity index is 358. The van der Waals surface area contributed by atoms with Crippen LogP contribution in [-0.2, 0) is 14.1 Å². The lowest BCUT2D eigenvalue weighted by Gasteiger charge is -2.28. The summed E-state index contributed by atoms with van der Waals surface area (Å²) in [5.74, 6) is 0.0313. The first-order valence-corrected chi connectivity index (χ1v) is 9.10. The first-order chi connectivity index (χ1) is 9.07. The van der Waals surface area contributed by atoms with Crippen LogP contribution in [0.4, 0.5) is 0 Å². The summed E-state index contributed by atoms with van der Waals surface area (Å²) in [6.07, 6.45) is 3.67. The number of nitrogens with zero attached hydrogens (tertiary/aromatic N) is 1. The highest BCUT2D eigenvalue weighted by Gasteiger charge is 2.31. The van der Waals surface area contributed by atoms with Crippen LogP contribution in [0.25, 0.3) is 0 Å². The average Bonchev–Trinajstić information content (AvgIpc) is 2.55. The van der Waals surface area contributed by atoms with Gasteiger partial charge in [0, 0.05) is 13.0 Å². The predicted molar refractivity (Wildman–Crippen MR) is 71.3 cm³/mol. The summed E-state index contributed by atoms with van der Waals surface area (Å²) in [6, 6.07) is 0. The second-order valence-corrected chi connectivity index (χ2v) is 7.77. The van der Waals surface area contributed by atoms with E-state index in [1.165, 1.54) is 0 Å². The van der Waals surface area contributed by atoms with E-state index in [0.29, 0.717) is 26.2 Å². The molecule has 0 bridgehead atoms. The summed E-state index contributed by atoms with van der Waals surface area (Å²) in [5.41, 5.74) is 0. The molecule has 0 aromatic carbocycles. The number of likely N-dealkylation sites (tertiary alicyclic amines) is 1. The predicted octanol–water partition coefficient (Wildman–Crippen LogP) is -0.510. The molecule has 0 aromatic heterocycles. The average molecular weight is 291 g/mol. The molecule has 1 unspecified atom stereocenters. The summed E-state index contributed by atoms with van der Waals surface area (Å²) in [5, 5.41) is 0. The maximum atomic E-state index is 12.3. The molecular weight excluding hydrogens is 267 g/mol. The lowest BCUT2D eigenvalue weighted by atomic mass is 10.2. The van der Waals surface area contributed by atoms with E-state index in [1.807, 2.05) is 0 Å². The molecule has 7 heteroatoms. The number of rotatable bonds is 4. The van der Waals surface area contributed by atoms with Crippen LogP contribution in [0.2, 0.25) is 0 Å². The van der Waals surface area contributed by atoms with Crippen molar-refractivity contribution in [1.82, 2.24) is 4.90 Å². The minimum absolute atomic E-state index is 0.0240. The van der Waals surface area contributed by atoms with Crippen molar-refractivity contribution in [3.05, 3.63) is 0 Å². The zero-order chi connectivity index (χ0) is 13.7. The van der Waals surface area contributed by atoms with E-state index in [1.54, 1.807) is 4.90 Å². The molecule has 1 amide bonds. The van der Waals surface area contributed by atoms with Crippen molar-refractivity contribution < 1.29 is 23.9 Å². The van der Waals surface area contributed by atoms with E-state index >= 15 is 0 Å². The molecule has 2 fully saturated rings. The monoisotopic (exact) mass is 291 g/mol. The lowest BCUT2D eigenvalue weighted by Crippen LogP contribution is -3.13. The van der Waals surface area contributed by atoms with Gasteiger partial charge in [-0.1, -0.05) is 6.42 Å². The maximum Gasteiger partial charge on any atom is 0.271 e. The molecule has 2 heterocycles. The van der Waals surface area contributed by atoms with Crippen LogP contribution >= 0.6 is 7.37 Å². The van der Waals surface area contributed by atoms with Crippen molar-refractivity contribution in [2.24, 2.45) is 0 Å². The fraction of sp³-hybridized carbons (Fsp3) is 0.917. The molecule has 0 radical (unpaired) electrons. The number of amides is 1. The van der Waals surface area contributed by atoms with Gasteiger partial charge in [0.2, 0.25) is 5.91 Å². The molecule has 0 saturated carbocycles. The van der Waals surface area contributed by atoms with Gasteiger partial charge < -0.3 is 19.4 Å². The van der Waals surface area contributed by atoms with E-state index in [4.69, 9.17) is 4.74 Å².